The van der Waals surface area contributed by atoms with Crippen LogP contribution in [0.4, 0.5) is 0 Å². The lowest BCUT2D eigenvalue weighted by Gasteiger charge is -2.25. The Hall–Kier alpha value is -1.63. The maximum atomic E-state index is 4.84. The van der Waals surface area contributed by atoms with Gasteiger partial charge in [0.15, 0.2) is 11.8 Å². The highest BCUT2D eigenvalue weighted by Crippen LogP contribution is 2.16. The van der Waals surface area contributed by atoms with Gasteiger partial charge < -0.3 is 15.2 Å². The summed E-state index contributed by atoms with van der Waals surface area (Å²) in [7, 11) is 2.00. The Balaban J connectivity index is 1.98. The van der Waals surface area contributed by atoms with Crippen LogP contribution < -0.4 is 10.6 Å². The van der Waals surface area contributed by atoms with Gasteiger partial charge in [-0.25, -0.2) is 4.99 Å². The van der Waals surface area contributed by atoms with Gasteiger partial charge in [0.25, 0.3) is 0 Å². The fourth-order valence-corrected chi connectivity index (χ4v) is 4.16. The first-order valence-corrected chi connectivity index (χ1v) is 11.7. The zero-order valence-electron chi connectivity index (χ0n) is 19.4. The van der Waals surface area contributed by atoms with Gasteiger partial charge in [-0.2, -0.15) is 0 Å². The van der Waals surface area contributed by atoms with E-state index in [1.165, 1.54) is 51.5 Å². The average Bonchev–Trinajstić information content (AvgIpc) is 3.31. The van der Waals surface area contributed by atoms with Crippen LogP contribution >= 0.6 is 0 Å². The summed E-state index contributed by atoms with van der Waals surface area (Å²) < 4.78 is 2.01. The van der Waals surface area contributed by atoms with Crippen LogP contribution in [0.1, 0.15) is 77.4 Å². The molecule has 0 radical (unpaired) electrons. The second-order valence-electron chi connectivity index (χ2n) is 8.37. The predicted octanol–water partition coefficient (Wildman–Crippen LogP) is 3.25. The van der Waals surface area contributed by atoms with Gasteiger partial charge in [0, 0.05) is 26.2 Å². The summed E-state index contributed by atoms with van der Waals surface area (Å²) >= 11 is 0. The third kappa shape index (κ3) is 7.61. The summed E-state index contributed by atoms with van der Waals surface area (Å²) in [4.78, 5) is 7.41. The second kappa shape index (κ2) is 12.8. The van der Waals surface area contributed by atoms with Crippen LogP contribution in [-0.4, -0.2) is 57.8 Å². The molecule has 1 aromatic heterocycles. The van der Waals surface area contributed by atoms with Crippen molar-refractivity contribution < 1.29 is 0 Å². The third-order valence-electron chi connectivity index (χ3n) is 6.19. The molecule has 2 atom stereocenters. The molecule has 166 valence electrons. The molecule has 1 saturated heterocycles. The second-order valence-corrected chi connectivity index (χ2v) is 8.37. The SMILES string of the molecule is CCCCC(CCC)CNC(=NCc1nnc(C)n1C)NCC1CCCN1CC. The highest BCUT2D eigenvalue weighted by atomic mass is 15.3. The van der Waals surface area contributed by atoms with Crippen LogP contribution in [0.2, 0.25) is 0 Å². The Labute approximate surface area is 177 Å². The summed E-state index contributed by atoms with van der Waals surface area (Å²) in [5.74, 6) is 3.44. The Bertz CT molecular complexity index is 610. The molecule has 7 heteroatoms. The van der Waals surface area contributed by atoms with Gasteiger partial charge in [0.05, 0.1) is 0 Å². The van der Waals surface area contributed by atoms with E-state index in [0.29, 0.717) is 18.5 Å². The monoisotopic (exact) mass is 405 g/mol. The van der Waals surface area contributed by atoms with Gasteiger partial charge in [-0.15, -0.1) is 10.2 Å². The largest absolute Gasteiger partial charge is 0.356 e. The summed E-state index contributed by atoms with van der Waals surface area (Å²) in [6, 6.07) is 0.607. The molecule has 7 nitrogen and oxygen atoms in total. The van der Waals surface area contributed by atoms with E-state index in [1.54, 1.807) is 0 Å². The van der Waals surface area contributed by atoms with E-state index < -0.39 is 0 Å². The van der Waals surface area contributed by atoms with E-state index >= 15 is 0 Å². The number of likely N-dealkylation sites (tertiary alicyclic amines) is 1. The lowest BCUT2D eigenvalue weighted by molar-refractivity contribution is 0.266. The lowest BCUT2D eigenvalue weighted by Crippen LogP contribution is -2.46. The summed E-state index contributed by atoms with van der Waals surface area (Å²) in [6.45, 7) is 13.6. The number of aryl methyl sites for hydroxylation is 1. The quantitative estimate of drug-likeness (QED) is 0.413. The molecule has 1 fully saturated rings. The Morgan fingerprint density at radius 2 is 2.00 bits per heavy atom. The highest BCUT2D eigenvalue weighted by Gasteiger charge is 2.23. The first-order chi connectivity index (χ1) is 14.1. The van der Waals surface area contributed by atoms with E-state index in [0.717, 1.165) is 37.2 Å². The van der Waals surface area contributed by atoms with Crippen molar-refractivity contribution in [2.45, 2.75) is 85.2 Å². The van der Waals surface area contributed by atoms with Gasteiger partial charge in [0.1, 0.15) is 12.4 Å². The normalized spacial score (nSPS) is 18.9. The van der Waals surface area contributed by atoms with Crippen LogP contribution in [0, 0.1) is 12.8 Å². The van der Waals surface area contributed by atoms with Crippen molar-refractivity contribution >= 4 is 5.96 Å². The van der Waals surface area contributed by atoms with Crippen LogP contribution in [0.5, 0.6) is 0 Å². The van der Waals surface area contributed by atoms with Gasteiger partial charge in [-0.05, 0) is 51.6 Å². The average molecular weight is 406 g/mol. The highest BCUT2D eigenvalue weighted by molar-refractivity contribution is 5.79. The molecule has 0 aliphatic carbocycles. The van der Waals surface area contributed by atoms with Crippen LogP contribution in [0.3, 0.4) is 0 Å². The van der Waals surface area contributed by atoms with Crippen LogP contribution in [0.25, 0.3) is 0 Å². The van der Waals surface area contributed by atoms with Gasteiger partial charge in [-0.3, -0.25) is 4.90 Å². The van der Waals surface area contributed by atoms with Gasteiger partial charge in [0.2, 0.25) is 0 Å². The molecule has 2 heterocycles. The van der Waals surface area contributed by atoms with Crippen molar-refractivity contribution in [3.8, 4) is 0 Å². The molecule has 2 rings (SSSR count). The Morgan fingerprint density at radius 1 is 1.17 bits per heavy atom. The Morgan fingerprint density at radius 3 is 2.66 bits per heavy atom. The maximum absolute atomic E-state index is 4.84. The van der Waals surface area contributed by atoms with Crippen molar-refractivity contribution in [2.75, 3.05) is 26.2 Å². The number of nitrogens with one attached hydrogen (secondary N) is 2. The minimum atomic E-state index is 0.544. The molecule has 0 spiro atoms. The van der Waals surface area contributed by atoms with Crippen molar-refractivity contribution in [2.24, 2.45) is 18.0 Å². The molecular weight excluding hydrogens is 362 g/mol. The lowest BCUT2D eigenvalue weighted by atomic mass is 9.97. The summed E-state index contributed by atoms with van der Waals surface area (Å²) in [5, 5.41) is 15.7. The molecular formula is C22H43N7. The molecule has 2 N–H and O–H groups in total. The van der Waals surface area contributed by atoms with E-state index in [-0.39, 0.29) is 0 Å². The number of nitrogens with zero attached hydrogens (tertiary/aromatic N) is 5. The number of unbranched alkanes of at least 4 members (excludes halogenated alkanes) is 1. The minimum Gasteiger partial charge on any atom is -0.356 e. The van der Waals surface area contributed by atoms with Gasteiger partial charge >= 0.3 is 0 Å². The van der Waals surface area contributed by atoms with Crippen molar-refractivity contribution in [3.63, 3.8) is 0 Å². The summed E-state index contributed by atoms with van der Waals surface area (Å²) in [6.07, 6.45) is 8.94. The van der Waals surface area contributed by atoms with E-state index in [1.807, 2.05) is 18.5 Å². The number of hydrogen-bond donors (Lipinski definition) is 2. The number of likely N-dealkylation sites (N-methyl/N-ethyl adjacent to an activating group) is 1. The number of hydrogen-bond acceptors (Lipinski definition) is 4. The zero-order chi connectivity index (χ0) is 21.1. The number of guanidine groups is 1. The third-order valence-corrected chi connectivity index (χ3v) is 6.19. The molecule has 1 aromatic rings. The van der Waals surface area contributed by atoms with E-state index in [9.17, 15) is 0 Å². The van der Waals surface area contributed by atoms with Crippen molar-refractivity contribution in [3.05, 3.63) is 11.6 Å². The number of aromatic nitrogens is 3. The smallest absolute Gasteiger partial charge is 0.191 e. The zero-order valence-corrected chi connectivity index (χ0v) is 19.4. The van der Waals surface area contributed by atoms with E-state index in [4.69, 9.17) is 4.99 Å². The van der Waals surface area contributed by atoms with Crippen molar-refractivity contribution in [1.82, 2.24) is 30.3 Å². The molecule has 0 amide bonds. The summed E-state index contributed by atoms with van der Waals surface area (Å²) in [5.41, 5.74) is 0. The van der Waals surface area contributed by atoms with E-state index in [2.05, 4.69) is 46.5 Å². The number of aliphatic imine (C=N–C) groups is 1. The minimum absolute atomic E-state index is 0.544. The molecule has 0 saturated carbocycles. The molecule has 0 aromatic carbocycles. The first kappa shape index (κ1) is 23.6. The van der Waals surface area contributed by atoms with Gasteiger partial charge in [-0.1, -0.05) is 40.0 Å². The predicted molar refractivity (Wildman–Crippen MR) is 121 cm³/mol. The molecule has 2 unspecified atom stereocenters. The topological polar surface area (TPSA) is 70.4 Å². The van der Waals surface area contributed by atoms with Crippen LogP contribution in [0.15, 0.2) is 4.99 Å². The Kier molecular flexibility index (Phi) is 10.5. The molecule has 0 bridgehead atoms. The van der Waals surface area contributed by atoms with Crippen LogP contribution in [-0.2, 0) is 13.6 Å². The first-order valence-electron chi connectivity index (χ1n) is 11.7. The fourth-order valence-electron chi connectivity index (χ4n) is 4.16. The molecule has 29 heavy (non-hydrogen) atoms. The molecule has 1 aliphatic heterocycles. The maximum Gasteiger partial charge on any atom is 0.191 e. The standard InChI is InChI=1S/C22H43N7/c1-6-9-12-19(11-7-2)15-23-22(24-16-20-13-10-14-29(20)8-3)25-17-21-27-26-18(4)28(21)5/h19-20H,6-17H2,1-5H3,(H2,23,24,25). The fraction of sp³-hybridized carbons (Fsp3) is 0.864. The molecule has 1 aliphatic rings. The van der Waals surface area contributed by atoms with Crippen molar-refractivity contribution in [1.29, 1.82) is 0 Å². The number of rotatable bonds is 12.